The Labute approximate surface area is 152 Å². The van der Waals surface area contributed by atoms with E-state index in [1.54, 1.807) is 12.1 Å². The van der Waals surface area contributed by atoms with Crippen LogP contribution in [0.2, 0.25) is 0 Å². The second kappa shape index (κ2) is 8.12. The molecule has 2 amide bonds. The molecule has 4 heteroatoms. The third-order valence-electron chi connectivity index (χ3n) is 4.19. The zero-order valence-electron chi connectivity index (χ0n) is 14.3. The van der Waals surface area contributed by atoms with Crippen molar-refractivity contribution in [2.24, 2.45) is 5.73 Å². The van der Waals surface area contributed by atoms with E-state index in [1.165, 1.54) is 0 Å². The Bertz CT molecular complexity index is 892. The van der Waals surface area contributed by atoms with Crippen molar-refractivity contribution in [3.05, 3.63) is 96.1 Å². The molecular weight excluding hydrogens is 324 g/mol. The van der Waals surface area contributed by atoms with Crippen LogP contribution in [0.3, 0.4) is 0 Å². The Balaban J connectivity index is 1.84. The van der Waals surface area contributed by atoms with Crippen molar-refractivity contribution in [2.75, 3.05) is 0 Å². The van der Waals surface area contributed by atoms with Crippen LogP contribution in [0.1, 0.15) is 15.9 Å². The summed E-state index contributed by atoms with van der Waals surface area (Å²) in [5.41, 5.74) is 8.71. The standard InChI is InChI=1S/C22H20N2O2/c23-21(25)20(15-16-9-3-1-4-10-16)24-22(26)19-14-8-7-13-18(19)17-11-5-2-6-12-17/h1-14,20H,15H2,(H2,23,25)(H,24,26). The lowest BCUT2D eigenvalue weighted by Crippen LogP contribution is -2.46. The number of hydrogen-bond acceptors (Lipinski definition) is 2. The SMILES string of the molecule is NC(=O)C(Cc1ccccc1)NC(=O)c1ccccc1-c1ccccc1. The predicted octanol–water partition coefficient (Wildman–Crippen LogP) is 3.18. The van der Waals surface area contributed by atoms with Gasteiger partial charge in [0.1, 0.15) is 6.04 Å². The first kappa shape index (κ1) is 17.4. The van der Waals surface area contributed by atoms with Crippen LogP contribution < -0.4 is 11.1 Å². The van der Waals surface area contributed by atoms with Gasteiger partial charge >= 0.3 is 0 Å². The molecule has 0 spiro atoms. The van der Waals surface area contributed by atoms with Crippen molar-refractivity contribution < 1.29 is 9.59 Å². The van der Waals surface area contributed by atoms with E-state index >= 15 is 0 Å². The van der Waals surface area contributed by atoms with Crippen molar-refractivity contribution in [2.45, 2.75) is 12.5 Å². The van der Waals surface area contributed by atoms with Crippen molar-refractivity contribution >= 4 is 11.8 Å². The molecule has 3 aromatic rings. The first-order chi connectivity index (χ1) is 12.6. The first-order valence-corrected chi connectivity index (χ1v) is 8.43. The normalized spacial score (nSPS) is 11.5. The van der Waals surface area contributed by atoms with Crippen molar-refractivity contribution in [3.63, 3.8) is 0 Å². The maximum absolute atomic E-state index is 12.8. The van der Waals surface area contributed by atoms with E-state index in [1.807, 2.05) is 72.8 Å². The van der Waals surface area contributed by atoms with E-state index in [-0.39, 0.29) is 5.91 Å². The molecule has 0 fully saturated rings. The molecule has 0 saturated carbocycles. The summed E-state index contributed by atoms with van der Waals surface area (Å²) in [5.74, 6) is -0.872. The Morgan fingerprint density at radius 2 is 1.38 bits per heavy atom. The number of primary amides is 1. The molecule has 1 atom stereocenters. The second-order valence-corrected chi connectivity index (χ2v) is 6.03. The maximum atomic E-state index is 12.8. The van der Waals surface area contributed by atoms with E-state index in [9.17, 15) is 9.59 Å². The van der Waals surface area contributed by atoms with Crippen LogP contribution in [0.25, 0.3) is 11.1 Å². The highest BCUT2D eigenvalue weighted by molar-refractivity contribution is 6.02. The van der Waals surface area contributed by atoms with Crippen LogP contribution >= 0.6 is 0 Å². The van der Waals surface area contributed by atoms with E-state index in [4.69, 9.17) is 5.73 Å². The van der Waals surface area contributed by atoms with Gasteiger partial charge in [-0.2, -0.15) is 0 Å². The smallest absolute Gasteiger partial charge is 0.252 e. The molecule has 0 bridgehead atoms. The fourth-order valence-electron chi connectivity index (χ4n) is 2.86. The molecule has 0 aromatic heterocycles. The lowest BCUT2D eigenvalue weighted by atomic mass is 9.98. The molecule has 3 N–H and O–H groups in total. The van der Waals surface area contributed by atoms with Gasteiger partial charge in [0.15, 0.2) is 0 Å². The number of nitrogens with two attached hydrogens (primary N) is 1. The quantitative estimate of drug-likeness (QED) is 0.721. The maximum Gasteiger partial charge on any atom is 0.252 e. The molecule has 3 aromatic carbocycles. The number of hydrogen-bond donors (Lipinski definition) is 2. The lowest BCUT2D eigenvalue weighted by Gasteiger charge is -2.17. The minimum atomic E-state index is -0.770. The van der Waals surface area contributed by atoms with E-state index in [0.717, 1.165) is 16.7 Å². The molecular formula is C22H20N2O2. The van der Waals surface area contributed by atoms with Crippen molar-refractivity contribution in [1.29, 1.82) is 0 Å². The summed E-state index contributed by atoms with van der Waals surface area (Å²) < 4.78 is 0. The summed E-state index contributed by atoms with van der Waals surface area (Å²) in [6, 6.07) is 25.7. The zero-order valence-corrected chi connectivity index (χ0v) is 14.3. The van der Waals surface area contributed by atoms with Crippen LogP contribution in [0.5, 0.6) is 0 Å². The molecule has 0 aliphatic heterocycles. The van der Waals surface area contributed by atoms with Gasteiger partial charge in [-0.25, -0.2) is 0 Å². The van der Waals surface area contributed by atoms with E-state index in [0.29, 0.717) is 12.0 Å². The van der Waals surface area contributed by atoms with Crippen LogP contribution in [0.15, 0.2) is 84.9 Å². The highest BCUT2D eigenvalue weighted by Crippen LogP contribution is 2.23. The summed E-state index contributed by atoms with van der Waals surface area (Å²) in [6.07, 6.45) is 0.357. The largest absolute Gasteiger partial charge is 0.368 e. The minimum Gasteiger partial charge on any atom is -0.368 e. The molecule has 0 heterocycles. The Morgan fingerprint density at radius 3 is 2.04 bits per heavy atom. The monoisotopic (exact) mass is 344 g/mol. The fourth-order valence-corrected chi connectivity index (χ4v) is 2.86. The van der Waals surface area contributed by atoms with Crippen LogP contribution in [-0.4, -0.2) is 17.9 Å². The number of benzene rings is 3. The third-order valence-corrected chi connectivity index (χ3v) is 4.19. The number of rotatable bonds is 6. The molecule has 0 aliphatic carbocycles. The number of carbonyl (C=O) groups is 2. The Hall–Kier alpha value is -3.40. The van der Waals surface area contributed by atoms with Crippen molar-refractivity contribution in [1.82, 2.24) is 5.32 Å². The molecule has 130 valence electrons. The molecule has 0 saturated heterocycles. The first-order valence-electron chi connectivity index (χ1n) is 8.43. The van der Waals surface area contributed by atoms with Gasteiger partial charge in [-0.05, 0) is 22.8 Å². The number of amides is 2. The summed E-state index contributed by atoms with van der Waals surface area (Å²) in [4.78, 5) is 24.7. The zero-order chi connectivity index (χ0) is 18.4. The molecule has 26 heavy (non-hydrogen) atoms. The van der Waals surface area contributed by atoms with Crippen LogP contribution in [-0.2, 0) is 11.2 Å². The Kier molecular flexibility index (Phi) is 5.44. The van der Waals surface area contributed by atoms with Crippen LogP contribution in [0, 0.1) is 0 Å². The third kappa shape index (κ3) is 4.16. The minimum absolute atomic E-state index is 0.316. The van der Waals surface area contributed by atoms with Gasteiger partial charge < -0.3 is 11.1 Å². The molecule has 4 nitrogen and oxygen atoms in total. The van der Waals surface area contributed by atoms with Crippen molar-refractivity contribution in [3.8, 4) is 11.1 Å². The summed E-state index contributed by atoms with van der Waals surface area (Å²) in [6.45, 7) is 0. The Morgan fingerprint density at radius 1 is 0.808 bits per heavy atom. The molecule has 0 radical (unpaired) electrons. The lowest BCUT2D eigenvalue weighted by molar-refractivity contribution is -0.119. The molecule has 3 rings (SSSR count). The van der Waals surface area contributed by atoms with Crippen LogP contribution in [0.4, 0.5) is 0 Å². The summed E-state index contributed by atoms with van der Waals surface area (Å²) in [5, 5.41) is 2.78. The van der Waals surface area contributed by atoms with Gasteiger partial charge in [0, 0.05) is 12.0 Å². The fraction of sp³-hybridized carbons (Fsp3) is 0.0909. The second-order valence-electron chi connectivity index (χ2n) is 6.03. The van der Waals surface area contributed by atoms with E-state index < -0.39 is 11.9 Å². The highest BCUT2D eigenvalue weighted by atomic mass is 16.2. The summed E-state index contributed by atoms with van der Waals surface area (Å²) >= 11 is 0. The average Bonchev–Trinajstić information content (AvgIpc) is 2.69. The van der Waals surface area contributed by atoms with Gasteiger partial charge in [0.2, 0.25) is 5.91 Å². The highest BCUT2D eigenvalue weighted by Gasteiger charge is 2.21. The van der Waals surface area contributed by atoms with Gasteiger partial charge in [-0.1, -0.05) is 78.9 Å². The number of carbonyl (C=O) groups excluding carboxylic acids is 2. The van der Waals surface area contributed by atoms with Gasteiger partial charge in [0.25, 0.3) is 5.91 Å². The van der Waals surface area contributed by atoms with Gasteiger partial charge in [-0.15, -0.1) is 0 Å². The predicted molar refractivity (Wildman–Crippen MR) is 102 cm³/mol. The van der Waals surface area contributed by atoms with E-state index in [2.05, 4.69) is 5.32 Å². The number of nitrogens with one attached hydrogen (secondary N) is 1. The molecule has 1 unspecified atom stereocenters. The topological polar surface area (TPSA) is 72.2 Å². The van der Waals surface area contributed by atoms with Gasteiger partial charge in [0.05, 0.1) is 0 Å². The summed E-state index contributed by atoms with van der Waals surface area (Å²) in [7, 11) is 0. The average molecular weight is 344 g/mol. The van der Waals surface area contributed by atoms with Gasteiger partial charge in [-0.3, -0.25) is 9.59 Å². The molecule has 0 aliphatic rings.